The number of ether oxygens (including phenoxy) is 1. The van der Waals surface area contributed by atoms with Crippen LogP contribution in [0.4, 0.5) is 13.2 Å². The van der Waals surface area contributed by atoms with E-state index in [1.807, 2.05) is 6.92 Å². The summed E-state index contributed by atoms with van der Waals surface area (Å²) in [6, 6.07) is 5.90. The summed E-state index contributed by atoms with van der Waals surface area (Å²) in [5.74, 6) is -0.0616. The highest BCUT2D eigenvalue weighted by atomic mass is 19.4. The minimum Gasteiger partial charge on any atom is -0.406 e. The van der Waals surface area contributed by atoms with E-state index < -0.39 is 6.36 Å². The maximum absolute atomic E-state index is 12.0. The van der Waals surface area contributed by atoms with Gasteiger partial charge in [0.25, 0.3) is 0 Å². The van der Waals surface area contributed by atoms with Crippen LogP contribution in [0, 0.1) is 0 Å². The van der Waals surface area contributed by atoms with Gasteiger partial charge in [0, 0.05) is 6.04 Å². The summed E-state index contributed by atoms with van der Waals surface area (Å²) in [6.45, 7) is 2.41. The molecule has 1 aromatic rings. The second kappa shape index (κ2) is 6.77. The molecule has 0 aromatic heterocycles. The summed E-state index contributed by atoms with van der Waals surface area (Å²) in [5, 5.41) is 0. The summed E-state index contributed by atoms with van der Waals surface area (Å²) >= 11 is 0. The Bertz CT molecular complexity index is 376. The number of rotatable bonds is 6. The first-order chi connectivity index (χ1) is 8.81. The second-order valence-corrected chi connectivity index (χ2v) is 4.60. The number of hydrogen-bond donors (Lipinski definition) is 2. The Labute approximate surface area is 110 Å². The van der Waals surface area contributed by atoms with Gasteiger partial charge >= 0.3 is 6.36 Å². The van der Waals surface area contributed by atoms with E-state index in [9.17, 15) is 13.2 Å². The molecule has 2 unspecified atom stereocenters. The van der Waals surface area contributed by atoms with Crippen LogP contribution in [0.15, 0.2) is 24.3 Å². The lowest BCUT2D eigenvalue weighted by atomic mass is 9.90. The maximum atomic E-state index is 12.0. The van der Waals surface area contributed by atoms with Crippen molar-refractivity contribution in [1.29, 1.82) is 0 Å². The highest BCUT2D eigenvalue weighted by Crippen LogP contribution is 2.28. The summed E-state index contributed by atoms with van der Waals surface area (Å²) in [4.78, 5) is 0. The highest BCUT2D eigenvalue weighted by Gasteiger charge is 2.31. The smallest absolute Gasteiger partial charge is 0.406 e. The Morgan fingerprint density at radius 1 is 1.21 bits per heavy atom. The lowest BCUT2D eigenvalue weighted by Gasteiger charge is -2.19. The summed E-state index contributed by atoms with van der Waals surface area (Å²) in [7, 11) is 0. The average Bonchev–Trinajstić information content (AvgIpc) is 2.27. The number of nitrogens with two attached hydrogens (primary N) is 2. The lowest BCUT2D eigenvalue weighted by molar-refractivity contribution is -0.274. The largest absolute Gasteiger partial charge is 0.573 e. The standard InChI is InChI=1S/C13H19F3N2O/c1-9(18)8-11(6-7-17)10-2-4-12(5-3-10)19-13(14,15)16/h2-5,9,11H,6-8,17-18H2,1H3. The van der Waals surface area contributed by atoms with Gasteiger partial charge in [-0.05, 0) is 49.9 Å². The van der Waals surface area contributed by atoms with Crippen molar-refractivity contribution in [2.45, 2.75) is 38.1 Å². The molecule has 0 radical (unpaired) electrons. The molecule has 3 nitrogen and oxygen atoms in total. The quantitative estimate of drug-likeness (QED) is 0.839. The van der Waals surface area contributed by atoms with Crippen LogP contribution in [-0.2, 0) is 0 Å². The summed E-state index contributed by atoms with van der Waals surface area (Å²) in [5.41, 5.74) is 12.2. The Hall–Kier alpha value is -1.27. The van der Waals surface area contributed by atoms with Gasteiger partial charge in [-0.3, -0.25) is 0 Å². The van der Waals surface area contributed by atoms with E-state index in [0.717, 1.165) is 18.4 Å². The van der Waals surface area contributed by atoms with Crippen LogP contribution >= 0.6 is 0 Å². The van der Waals surface area contributed by atoms with Crippen LogP contribution in [-0.4, -0.2) is 18.9 Å². The van der Waals surface area contributed by atoms with Gasteiger partial charge in [0.1, 0.15) is 5.75 Å². The van der Waals surface area contributed by atoms with E-state index in [2.05, 4.69) is 4.74 Å². The third-order valence-electron chi connectivity index (χ3n) is 2.76. The van der Waals surface area contributed by atoms with E-state index in [0.29, 0.717) is 6.54 Å². The van der Waals surface area contributed by atoms with Crippen LogP contribution in [0.25, 0.3) is 0 Å². The lowest BCUT2D eigenvalue weighted by Crippen LogP contribution is -2.20. The first-order valence-electron chi connectivity index (χ1n) is 6.13. The molecule has 0 bridgehead atoms. The molecular weight excluding hydrogens is 257 g/mol. The van der Waals surface area contributed by atoms with Crippen molar-refractivity contribution in [3.05, 3.63) is 29.8 Å². The monoisotopic (exact) mass is 276 g/mol. The molecule has 0 aliphatic heterocycles. The summed E-state index contributed by atoms with van der Waals surface area (Å²) < 4.78 is 39.9. The van der Waals surface area contributed by atoms with Gasteiger partial charge in [-0.1, -0.05) is 12.1 Å². The predicted octanol–water partition coefficient (Wildman–Crippen LogP) is 2.75. The van der Waals surface area contributed by atoms with E-state index in [4.69, 9.17) is 11.5 Å². The molecule has 0 saturated carbocycles. The minimum absolute atomic E-state index is 0.0163. The molecule has 0 saturated heterocycles. The fourth-order valence-electron chi connectivity index (χ4n) is 2.01. The second-order valence-electron chi connectivity index (χ2n) is 4.60. The normalized spacial score (nSPS) is 15.1. The molecule has 0 aliphatic carbocycles. The zero-order chi connectivity index (χ0) is 14.5. The van der Waals surface area contributed by atoms with Gasteiger partial charge in [-0.2, -0.15) is 0 Å². The SMILES string of the molecule is CC(N)CC(CCN)c1ccc(OC(F)(F)F)cc1. The van der Waals surface area contributed by atoms with Crippen molar-refractivity contribution in [1.82, 2.24) is 0 Å². The molecular formula is C13H19F3N2O. The van der Waals surface area contributed by atoms with Gasteiger partial charge < -0.3 is 16.2 Å². The van der Waals surface area contributed by atoms with Crippen LogP contribution in [0.1, 0.15) is 31.2 Å². The Balaban J connectivity index is 2.77. The van der Waals surface area contributed by atoms with E-state index in [1.54, 1.807) is 12.1 Å². The van der Waals surface area contributed by atoms with E-state index in [-0.39, 0.29) is 17.7 Å². The van der Waals surface area contributed by atoms with Crippen LogP contribution in [0.3, 0.4) is 0 Å². The van der Waals surface area contributed by atoms with Crippen molar-refractivity contribution in [3.8, 4) is 5.75 Å². The van der Waals surface area contributed by atoms with Crippen LogP contribution in [0.5, 0.6) is 5.75 Å². The fraction of sp³-hybridized carbons (Fsp3) is 0.538. The zero-order valence-corrected chi connectivity index (χ0v) is 10.8. The fourth-order valence-corrected chi connectivity index (χ4v) is 2.01. The molecule has 6 heteroatoms. The van der Waals surface area contributed by atoms with E-state index in [1.165, 1.54) is 12.1 Å². The predicted molar refractivity (Wildman–Crippen MR) is 67.8 cm³/mol. The van der Waals surface area contributed by atoms with Gasteiger partial charge in [0.05, 0.1) is 0 Å². The molecule has 0 aliphatic rings. The number of alkyl halides is 3. The molecule has 19 heavy (non-hydrogen) atoms. The van der Waals surface area contributed by atoms with Gasteiger partial charge in [0.15, 0.2) is 0 Å². The van der Waals surface area contributed by atoms with Gasteiger partial charge in [0.2, 0.25) is 0 Å². The van der Waals surface area contributed by atoms with Crippen molar-refractivity contribution >= 4 is 0 Å². The summed E-state index contributed by atoms with van der Waals surface area (Å²) in [6.07, 6.45) is -3.17. The maximum Gasteiger partial charge on any atom is 0.573 e. The molecule has 1 rings (SSSR count). The highest BCUT2D eigenvalue weighted by molar-refractivity contribution is 5.29. The molecule has 0 spiro atoms. The van der Waals surface area contributed by atoms with Gasteiger partial charge in [-0.25, -0.2) is 0 Å². The van der Waals surface area contributed by atoms with Crippen molar-refractivity contribution in [2.24, 2.45) is 11.5 Å². The number of halogens is 3. The minimum atomic E-state index is -4.66. The molecule has 2 atom stereocenters. The third kappa shape index (κ3) is 5.94. The topological polar surface area (TPSA) is 61.3 Å². The van der Waals surface area contributed by atoms with Crippen LogP contribution < -0.4 is 16.2 Å². The molecule has 0 heterocycles. The Morgan fingerprint density at radius 2 is 1.79 bits per heavy atom. The number of benzene rings is 1. The Morgan fingerprint density at radius 3 is 2.21 bits per heavy atom. The average molecular weight is 276 g/mol. The van der Waals surface area contributed by atoms with Crippen molar-refractivity contribution in [3.63, 3.8) is 0 Å². The van der Waals surface area contributed by atoms with Gasteiger partial charge in [-0.15, -0.1) is 13.2 Å². The first kappa shape index (κ1) is 15.8. The zero-order valence-electron chi connectivity index (χ0n) is 10.8. The third-order valence-corrected chi connectivity index (χ3v) is 2.76. The van der Waals surface area contributed by atoms with Crippen molar-refractivity contribution < 1.29 is 17.9 Å². The molecule has 1 aromatic carbocycles. The molecule has 0 fully saturated rings. The first-order valence-corrected chi connectivity index (χ1v) is 6.13. The Kier molecular flexibility index (Phi) is 5.62. The molecule has 108 valence electrons. The van der Waals surface area contributed by atoms with Crippen LogP contribution in [0.2, 0.25) is 0 Å². The molecule has 0 amide bonds. The number of hydrogen-bond acceptors (Lipinski definition) is 3. The molecule has 4 N–H and O–H groups in total. The van der Waals surface area contributed by atoms with Crippen molar-refractivity contribution in [2.75, 3.05) is 6.54 Å². The van der Waals surface area contributed by atoms with E-state index >= 15 is 0 Å².